The summed E-state index contributed by atoms with van der Waals surface area (Å²) in [6, 6.07) is 4.65. The van der Waals surface area contributed by atoms with Gasteiger partial charge in [0.15, 0.2) is 5.13 Å². The molecule has 0 atom stereocenters. The summed E-state index contributed by atoms with van der Waals surface area (Å²) in [7, 11) is -3.30. The molecule has 1 fully saturated rings. The SMILES string of the molecule is O=C(Nc1nccs1)c1ccc(N2CCCCS2(=O)=O)cc1Cl. The zero-order chi connectivity index (χ0) is 16.4. The third kappa shape index (κ3) is 3.49. The number of benzene rings is 1. The number of nitrogens with zero attached hydrogens (tertiary/aromatic N) is 2. The molecular weight excluding hydrogens is 358 g/mol. The molecule has 1 aromatic carbocycles. The number of aromatic nitrogens is 1. The molecule has 23 heavy (non-hydrogen) atoms. The van der Waals surface area contributed by atoms with Crippen LogP contribution in [0.4, 0.5) is 10.8 Å². The maximum atomic E-state index is 12.2. The Labute approximate surface area is 143 Å². The highest BCUT2D eigenvalue weighted by atomic mass is 35.5. The summed E-state index contributed by atoms with van der Waals surface area (Å²) in [6.45, 7) is 0.434. The molecule has 9 heteroatoms. The van der Waals surface area contributed by atoms with Crippen LogP contribution in [0.5, 0.6) is 0 Å². The van der Waals surface area contributed by atoms with Gasteiger partial charge in [0.1, 0.15) is 0 Å². The molecule has 2 aromatic rings. The highest BCUT2D eigenvalue weighted by Crippen LogP contribution is 2.28. The minimum Gasteiger partial charge on any atom is -0.298 e. The Morgan fingerprint density at radius 3 is 2.83 bits per heavy atom. The van der Waals surface area contributed by atoms with Gasteiger partial charge in [0.05, 0.1) is 22.0 Å². The Morgan fingerprint density at radius 2 is 2.17 bits per heavy atom. The van der Waals surface area contributed by atoms with Crippen molar-refractivity contribution in [3.8, 4) is 0 Å². The molecule has 0 unspecified atom stereocenters. The molecule has 6 nitrogen and oxygen atoms in total. The number of hydrogen-bond acceptors (Lipinski definition) is 5. The Balaban J connectivity index is 1.84. The Bertz CT molecular complexity index is 822. The molecule has 1 aromatic heterocycles. The number of halogens is 1. The summed E-state index contributed by atoms with van der Waals surface area (Å²) in [5.74, 6) is -0.241. The molecule has 0 aliphatic carbocycles. The van der Waals surface area contributed by atoms with Crippen LogP contribution in [0.25, 0.3) is 0 Å². The van der Waals surface area contributed by atoms with Crippen molar-refractivity contribution in [2.45, 2.75) is 12.8 Å². The molecule has 1 N–H and O–H groups in total. The first-order chi connectivity index (χ1) is 11.0. The fourth-order valence-electron chi connectivity index (χ4n) is 2.37. The van der Waals surface area contributed by atoms with Gasteiger partial charge in [0.25, 0.3) is 5.91 Å². The zero-order valence-electron chi connectivity index (χ0n) is 12.0. The molecule has 0 spiro atoms. The van der Waals surface area contributed by atoms with Crippen molar-refractivity contribution in [1.82, 2.24) is 4.98 Å². The maximum absolute atomic E-state index is 12.2. The van der Waals surface area contributed by atoms with E-state index in [-0.39, 0.29) is 22.2 Å². The predicted octanol–water partition coefficient (Wildman–Crippen LogP) is 2.98. The summed E-state index contributed by atoms with van der Waals surface area (Å²) < 4.78 is 25.6. The van der Waals surface area contributed by atoms with Crippen LogP contribution in [0, 0.1) is 0 Å². The molecule has 3 rings (SSSR count). The van der Waals surface area contributed by atoms with E-state index in [1.54, 1.807) is 17.6 Å². The Kier molecular flexibility index (Phi) is 4.56. The maximum Gasteiger partial charge on any atom is 0.258 e. The van der Waals surface area contributed by atoms with Crippen LogP contribution in [0.1, 0.15) is 23.2 Å². The highest BCUT2D eigenvalue weighted by molar-refractivity contribution is 7.92. The van der Waals surface area contributed by atoms with Crippen LogP contribution >= 0.6 is 22.9 Å². The third-order valence-electron chi connectivity index (χ3n) is 3.49. The van der Waals surface area contributed by atoms with E-state index in [0.717, 1.165) is 6.42 Å². The van der Waals surface area contributed by atoms with Crippen LogP contribution in [0.2, 0.25) is 5.02 Å². The number of hydrogen-bond donors (Lipinski definition) is 1. The van der Waals surface area contributed by atoms with Crippen LogP contribution in [-0.4, -0.2) is 31.6 Å². The summed E-state index contributed by atoms with van der Waals surface area (Å²) in [5, 5.41) is 5.08. The normalized spacial score (nSPS) is 17.0. The van der Waals surface area contributed by atoms with E-state index in [9.17, 15) is 13.2 Å². The van der Waals surface area contributed by atoms with Gasteiger partial charge >= 0.3 is 0 Å². The zero-order valence-corrected chi connectivity index (χ0v) is 14.4. The van der Waals surface area contributed by atoms with Crippen molar-refractivity contribution in [2.24, 2.45) is 0 Å². The fraction of sp³-hybridized carbons (Fsp3) is 0.286. The molecule has 0 bridgehead atoms. The van der Waals surface area contributed by atoms with E-state index in [1.165, 1.54) is 27.8 Å². The van der Waals surface area contributed by atoms with Crippen LogP contribution in [-0.2, 0) is 10.0 Å². The molecule has 1 amide bonds. The van der Waals surface area contributed by atoms with Gasteiger partial charge in [0, 0.05) is 18.1 Å². The van der Waals surface area contributed by atoms with Crippen molar-refractivity contribution in [1.29, 1.82) is 0 Å². The minimum absolute atomic E-state index is 0.136. The number of anilines is 2. The van der Waals surface area contributed by atoms with Gasteiger partial charge in [-0.2, -0.15) is 0 Å². The number of amides is 1. The molecule has 1 aliphatic heterocycles. The van der Waals surface area contributed by atoms with Gasteiger partial charge in [-0.25, -0.2) is 13.4 Å². The highest BCUT2D eigenvalue weighted by Gasteiger charge is 2.26. The number of thiazole rings is 1. The van der Waals surface area contributed by atoms with Crippen molar-refractivity contribution in [3.05, 3.63) is 40.4 Å². The number of carbonyl (C=O) groups is 1. The lowest BCUT2D eigenvalue weighted by molar-refractivity contribution is 0.102. The van der Waals surface area contributed by atoms with E-state index in [2.05, 4.69) is 10.3 Å². The van der Waals surface area contributed by atoms with Crippen LogP contribution < -0.4 is 9.62 Å². The molecule has 1 aliphatic rings. The lowest BCUT2D eigenvalue weighted by Crippen LogP contribution is -2.37. The van der Waals surface area contributed by atoms with E-state index < -0.39 is 10.0 Å². The van der Waals surface area contributed by atoms with Gasteiger partial charge in [-0.3, -0.25) is 14.4 Å². The molecule has 0 radical (unpaired) electrons. The monoisotopic (exact) mass is 371 g/mol. The Hall–Kier alpha value is -1.64. The Morgan fingerprint density at radius 1 is 1.35 bits per heavy atom. The number of carbonyl (C=O) groups excluding carboxylic acids is 1. The van der Waals surface area contributed by atoms with Gasteiger partial charge < -0.3 is 0 Å². The van der Waals surface area contributed by atoms with Crippen LogP contribution in [0.15, 0.2) is 29.8 Å². The summed E-state index contributed by atoms with van der Waals surface area (Å²) in [4.78, 5) is 16.2. The van der Waals surface area contributed by atoms with Gasteiger partial charge in [-0.1, -0.05) is 11.6 Å². The van der Waals surface area contributed by atoms with E-state index in [0.29, 0.717) is 23.8 Å². The molecule has 122 valence electrons. The van der Waals surface area contributed by atoms with E-state index in [1.807, 2.05) is 0 Å². The topological polar surface area (TPSA) is 79.4 Å². The largest absolute Gasteiger partial charge is 0.298 e. The van der Waals surface area contributed by atoms with E-state index >= 15 is 0 Å². The van der Waals surface area contributed by atoms with Crippen molar-refractivity contribution < 1.29 is 13.2 Å². The second kappa shape index (κ2) is 6.46. The smallest absolute Gasteiger partial charge is 0.258 e. The lowest BCUT2D eigenvalue weighted by Gasteiger charge is -2.28. The van der Waals surface area contributed by atoms with Crippen molar-refractivity contribution >= 4 is 49.7 Å². The molecule has 0 saturated carbocycles. The predicted molar refractivity (Wildman–Crippen MR) is 91.9 cm³/mol. The average molecular weight is 372 g/mol. The summed E-state index contributed by atoms with van der Waals surface area (Å²) in [6.07, 6.45) is 3.07. The van der Waals surface area contributed by atoms with Gasteiger partial charge in [-0.05, 0) is 31.0 Å². The summed E-state index contributed by atoms with van der Waals surface area (Å²) >= 11 is 7.48. The number of rotatable bonds is 3. The van der Waals surface area contributed by atoms with Crippen molar-refractivity contribution in [3.63, 3.8) is 0 Å². The quantitative estimate of drug-likeness (QED) is 0.899. The molecule has 2 heterocycles. The molecular formula is C14H14ClN3O3S2. The second-order valence-corrected chi connectivity index (χ2v) is 8.37. The standard InChI is InChI=1S/C14H14ClN3O3S2/c15-12-9-10(18-6-1-2-8-23(18,20)21)3-4-11(12)13(19)17-14-16-5-7-22-14/h3-5,7,9H,1-2,6,8H2,(H,16,17,19). The van der Waals surface area contributed by atoms with Crippen LogP contribution in [0.3, 0.4) is 0 Å². The summed E-state index contributed by atoms with van der Waals surface area (Å²) in [5.41, 5.74) is 0.764. The first kappa shape index (κ1) is 16.2. The van der Waals surface area contributed by atoms with Crippen molar-refractivity contribution in [2.75, 3.05) is 21.9 Å². The van der Waals surface area contributed by atoms with Gasteiger partial charge in [0.2, 0.25) is 10.0 Å². The lowest BCUT2D eigenvalue weighted by atomic mass is 10.2. The average Bonchev–Trinajstić information content (AvgIpc) is 2.99. The third-order valence-corrected chi connectivity index (χ3v) is 6.36. The first-order valence-corrected chi connectivity index (χ1v) is 9.85. The number of nitrogens with one attached hydrogen (secondary N) is 1. The van der Waals surface area contributed by atoms with Gasteiger partial charge in [-0.15, -0.1) is 11.3 Å². The first-order valence-electron chi connectivity index (χ1n) is 6.98. The number of sulfonamides is 1. The minimum atomic E-state index is -3.30. The second-order valence-electron chi connectivity index (χ2n) is 5.05. The molecule has 1 saturated heterocycles. The van der Waals surface area contributed by atoms with E-state index in [4.69, 9.17) is 11.6 Å². The fourth-order valence-corrected chi connectivity index (χ4v) is 4.79.